The summed E-state index contributed by atoms with van der Waals surface area (Å²) in [7, 11) is 0. The number of nitrogens with zero attached hydrogens (tertiary/aromatic N) is 4. The summed E-state index contributed by atoms with van der Waals surface area (Å²) in [5.41, 5.74) is 8.68. The lowest BCUT2D eigenvalue weighted by Gasteiger charge is -2.36. The molecule has 0 radical (unpaired) electrons. The van der Waals surface area contributed by atoms with Gasteiger partial charge in [-0.2, -0.15) is 10.2 Å². The molecule has 1 aromatic heterocycles. The second kappa shape index (κ2) is 8.20. The monoisotopic (exact) mass is 438 g/mol. The van der Waals surface area contributed by atoms with Crippen molar-refractivity contribution in [3.63, 3.8) is 0 Å². The van der Waals surface area contributed by atoms with Gasteiger partial charge in [0.25, 0.3) is 0 Å². The fraction of sp³-hybridized carbons (Fsp3) is 0.136. The van der Waals surface area contributed by atoms with E-state index < -0.39 is 17.7 Å². The zero-order valence-electron chi connectivity index (χ0n) is 16.4. The molecule has 0 spiro atoms. The summed E-state index contributed by atoms with van der Waals surface area (Å²) >= 11 is 6.38. The van der Waals surface area contributed by atoms with Gasteiger partial charge < -0.3 is 16.0 Å². The van der Waals surface area contributed by atoms with Gasteiger partial charge in [0.2, 0.25) is 5.95 Å². The summed E-state index contributed by atoms with van der Waals surface area (Å²) in [6.07, 6.45) is 3.23. The van der Waals surface area contributed by atoms with Gasteiger partial charge >= 0.3 is 0 Å². The van der Waals surface area contributed by atoms with Crippen LogP contribution in [0, 0.1) is 23.0 Å². The minimum Gasteiger partial charge on any atom is -0.368 e. The second-order valence-electron chi connectivity index (χ2n) is 7.06. The molecule has 156 valence electrons. The second-order valence-corrected chi connectivity index (χ2v) is 7.47. The van der Waals surface area contributed by atoms with E-state index in [0.29, 0.717) is 23.0 Å². The van der Waals surface area contributed by atoms with Gasteiger partial charge in [0.05, 0.1) is 12.2 Å². The third-order valence-electron chi connectivity index (χ3n) is 4.97. The predicted molar refractivity (Wildman–Crippen MR) is 116 cm³/mol. The Bertz CT molecular complexity index is 1220. The highest BCUT2D eigenvalue weighted by atomic mass is 35.5. The SMILES string of the molecule is CC(Nc1nc(N)ncc1C#N)C1=Cc2cccc(Cl)c2CN1c1cc(F)cc(F)c1. The predicted octanol–water partition coefficient (Wildman–Crippen LogP) is 4.72. The van der Waals surface area contributed by atoms with Crippen molar-refractivity contribution in [2.24, 2.45) is 0 Å². The molecule has 0 saturated heterocycles. The third-order valence-corrected chi connectivity index (χ3v) is 5.32. The normalized spacial score (nSPS) is 13.8. The van der Waals surface area contributed by atoms with E-state index in [1.807, 2.05) is 31.2 Å². The van der Waals surface area contributed by atoms with E-state index in [2.05, 4.69) is 15.3 Å². The highest BCUT2D eigenvalue weighted by molar-refractivity contribution is 6.31. The van der Waals surface area contributed by atoms with E-state index in [0.717, 1.165) is 17.2 Å². The summed E-state index contributed by atoms with van der Waals surface area (Å²) in [5.74, 6) is -1.08. The number of hydrogen-bond acceptors (Lipinski definition) is 6. The summed E-state index contributed by atoms with van der Waals surface area (Å²) < 4.78 is 28.0. The Kier molecular flexibility index (Phi) is 5.44. The molecular weight excluding hydrogens is 422 g/mol. The number of halogens is 3. The minimum absolute atomic E-state index is 0.0208. The van der Waals surface area contributed by atoms with Gasteiger partial charge in [-0.1, -0.05) is 23.7 Å². The summed E-state index contributed by atoms with van der Waals surface area (Å²) in [4.78, 5) is 9.71. The number of nitrogens with two attached hydrogens (primary N) is 1. The third kappa shape index (κ3) is 4.13. The molecule has 0 bridgehead atoms. The zero-order valence-corrected chi connectivity index (χ0v) is 17.2. The number of fused-ring (bicyclic) bond motifs is 1. The fourth-order valence-corrected chi connectivity index (χ4v) is 3.77. The van der Waals surface area contributed by atoms with Crippen LogP contribution in [-0.2, 0) is 6.54 Å². The van der Waals surface area contributed by atoms with E-state index in [1.165, 1.54) is 18.3 Å². The first-order valence-electron chi connectivity index (χ1n) is 9.37. The molecular formula is C22H17ClF2N6. The van der Waals surface area contributed by atoms with Gasteiger partial charge in [0.1, 0.15) is 29.1 Å². The van der Waals surface area contributed by atoms with Gasteiger partial charge in [-0.15, -0.1) is 0 Å². The Hall–Kier alpha value is -3.70. The van der Waals surface area contributed by atoms with Crippen LogP contribution in [0.1, 0.15) is 23.6 Å². The molecule has 0 fully saturated rings. The number of nitrogen functional groups attached to an aromatic ring is 1. The van der Waals surface area contributed by atoms with Crippen LogP contribution < -0.4 is 16.0 Å². The number of nitrogens with one attached hydrogen (secondary N) is 1. The van der Waals surface area contributed by atoms with Crippen LogP contribution in [0.4, 0.5) is 26.2 Å². The van der Waals surface area contributed by atoms with Crippen molar-refractivity contribution in [3.8, 4) is 6.07 Å². The standard InChI is InChI=1S/C22H17ClF2N6/c1-12(29-21-14(9-26)10-28-22(27)30-21)20-5-13-3-2-4-19(23)18(13)11-31(20)17-7-15(24)6-16(25)8-17/h2-8,10,12H,11H2,1H3,(H3,27,28,29,30). The molecule has 4 rings (SSSR count). The Balaban J connectivity index is 1.79. The summed E-state index contributed by atoms with van der Waals surface area (Å²) in [5, 5.41) is 13.1. The van der Waals surface area contributed by atoms with E-state index in [-0.39, 0.29) is 17.3 Å². The Morgan fingerprint density at radius 3 is 2.71 bits per heavy atom. The van der Waals surface area contributed by atoms with Crippen molar-refractivity contribution < 1.29 is 8.78 Å². The average molecular weight is 439 g/mol. The van der Waals surface area contributed by atoms with Crippen LogP contribution in [0.25, 0.3) is 6.08 Å². The van der Waals surface area contributed by atoms with Gasteiger partial charge in [-0.25, -0.2) is 13.8 Å². The molecule has 1 aliphatic rings. The van der Waals surface area contributed by atoms with E-state index in [9.17, 15) is 14.0 Å². The van der Waals surface area contributed by atoms with Crippen LogP contribution in [0.5, 0.6) is 0 Å². The van der Waals surface area contributed by atoms with E-state index in [1.54, 1.807) is 11.0 Å². The first kappa shape index (κ1) is 20.6. The Morgan fingerprint density at radius 2 is 2.00 bits per heavy atom. The summed E-state index contributed by atoms with van der Waals surface area (Å²) in [6.45, 7) is 2.16. The van der Waals surface area contributed by atoms with Gasteiger partial charge in [0.15, 0.2) is 0 Å². The zero-order chi connectivity index (χ0) is 22.1. The summed E-state index contributed by atoms with van der Waals surface area (Å²) in [6, 6.07) is 10.5. The van der Waals surface area contributed by atoms with Gasteiger partial charge in [0, 0.05) is 29.0 Å². The first-order chi connectivity index (χ1) is 14.9. The number of benzene rings is 2. The highest BCUT2D eigenvalue weighted by Gasteiger charge is 2.26. The van der Waals surface area contributed by atoms with Crippen LogP contribution in [0.15, 0.2) is 48.3 Å². The molecule has 31 heavy (non-hydrogen) atoms. The largest absolute Gasteiger partial charge is 0.368 e. The molecule has 3 N–H and O–H groups in total. The number of anilines is 3. The molecule has 1 atom stereocenters. The van der Waals surface area contributed by atoms with Crippen molar-refractivity contribution in [1.82, 2.24) is 9.97 Å². The molecule has 2 aromatic carbocycles. The number of rotatable bonds is 4. The molecule has 2 heterocycles. The Labute approximate surface area is 182 Å². The van der Waals surface area contributed by atoms with Gasteiger partial charge in [-0.3, -0.25) is 0 Å². The maximum absolute atomic E-state index is 14.0. The van der Waals surface area contributed by atoms with Crippen LogP contribution in [-0.4, -0.2) is 16.0 Å². The number of hydrogen-bond donors (Lipinski definition) is 2. The molecule has 1 aliphatic heterocycles. The van der Waals surface area contributed by atoms with Crippen LogP contribution in [0.3, 0.4) is 0 Å². The van der Waals surface area contributed by atoms with Crippen LogP contribution in [0.2, 0.25) is 5.02 Å². The maximum atomic E-state index is 14.0. The first-order valence-corrected chi connectivity index (χ1v) is 9.75. The Morgan fingerprint density at radius 1 is 1.26 bits per heavy atom. The molecule has 6 nitrogen and oxygen atoms in total. The fourth-order valence-electron chi connectivity index (χ4n) is 3.52. The smallest absolute Gasteiger partial charge is 0.222 e. The molecule has 0 amide bonds. The minimum atomic E-state index is -0.685. The van der Waals surface area contributed by atoms with Gasteiger partial charge in [-0.05, 0) is 42.3 Å². The maximum Gasteiger partial charge on any atom is 0.222 e. The van der Waals surface area contributed by atoms with Crippen molar-refractivity contribution in [2.75, 3.05) is 16.0 Å². The lowest BCUT2D eigenvalue weighted by Crippen LogP contribution is -2.35. The molecule has 0 saturated carbocycles. The molecule has 0 aliphatic carbocycles. The number of aromatic nitrogens is 2. The average Bonchev–Trinajstić information content (AvgIpc) is 2.72. The molecule has 1 unspecified atom stereocenters. The van der Waals surface area contributed by atoms with E-state index in [4.69, 9.17) is 17.3 Å². The number of nitriles is 1. The van der Waals surface area contributed by atoms with Crippen molar-refractivity contribution in [1.29, 1.82) is 5.26 Å². The molecule has 3 aromatic rings. The van der Waals surface area contributed by atoms with Crippen LogP contribution >= 0.6 is 11.6 Å². The lowest BCUT2D eigenvalue weighted by atomic mass is 9.98. The molecule has 9 heteroatoms. The van der Waals surface area contributed by atoms with Crippen molar-refractivity contribution in [3.05, 3.63) is 81.6 Å². The van der Waals surface area contributed by atoms with E-state index >= 15 is 0 Å². The van der Waals surface area contributed by atoms with Crippen molar-refractivity contribution in [2.45, 2.75) is 19.5 Å². The topological polar surface area (TPSA) is 90.9 Å². The lowest BCUT2D eigenvalue weighted by molar-refractivity contribution is 0.582. The highest BCUT2D eigenvalue weighted by Crippen LogP contribution is 2.35. The quantitative estimate of drug-likeness (QED) is 0.612. The van der Waals surface area contributed by atoms with Crippen molar-refractivity contribution >= 4 is 35.1 Å².